The lowest BCUT2D eigenvalue weighted by Crippen LogP contribution is -2.52. The zero-order valence-electron chi connectivity index (χ0n) is 14.3. The number of carbonyl (C=O) groups excluding carboxylic acids is 4. The molecule has 3 N–H and O–H groups in total. The normalized spacial score (nSPS) is 12.7. The van der Waals surface area contributed by atoms with Crippen LogP contribution >= 0.6 is 0 Å². The predicted molar refractivity (Wildman–Crippen MR) is 89.1 cm³/mol. The lowest BCUT2D eigenvalue weighted by Gasteiger charge is -2.20. The van der Waals surface area contributed by atoms with Gasteiger partial charge in [0.05, 0.1) is 6.54 Å². The Hall–Kier alpha value is -3.17. The Balaban J connectivity index is 2.95. The molecule has 0 fully saturated rings. The van der Waals surface area contributed by atoms with Gasteiger partial charge in [-0.1, -0.05) is 36.4 Å². The van der Waals surface area contributed by atoms with Crippen LogP contribution in [0.15, 0.2) is 42.1 Å². The number of hydrogen-bond acceptors (Lipinski definition) is 4. The Morgan fingerprint density at radius 1 is 1.15 bits per heavy atom. The van der Waals surface area contributed by atoms with E-state index < -0.39 is 29.9 Å². The van der Waals surface area contributed by atoms with Gasteiger partial charge in [0, 0.05) is 6.42 Å². The van der Waals surface area contributed by atoms with Crippen molar-refractivity contribution in [1.82, 2.24) is 16.0 Å². The minimum atomic E-state index is -5.17. The highest BCUT2D eigenvalue weighted by molar-refractivity contribution is 6.00. The highest BCUT2D eigenvalue weighted by Crippen LogP contribution is 2.15. The van der Waals surface area contributed by atoms with Gasteiger partial charge in [-0.2, -0.15) is 13.2 Å². The molecular formula is C17H18F3N3O4. The number of hydrogen-bond donors (Lipinski definition) is 3. The number of nitrogens with one attached hydrogen (secondary N) is 3. The minimum absolute atomic E-state index is 0.221. The van der Waals surface area contributed by atoms with E-state index in [1.807, 2.05) is 0 Å². The van der Waals surface area contributed by atoms with Gasteiger partial charge < -0.3 is 20.7 Å². The fraction of sp³-hybridized carbons (Fsp3) is 0.294. The molecule has 0 saturated heterocycles. The van der Waals surface area contributed by atoms with Crippen LogP contribution < -0.4 is 16.0 Å². The van der Waals surface area contributed by atoms with E-state index in [0.29, 0.717) is 11.8 Å². The van der Waals surface area contributed by atoms with Gasteiger partial charge in [-0.25, -0.2) is 0 Å². The van der Waals surface area contributed by atoms with E-state index in [9.17, 15) is 32.3 Å². The average Bonchev–Trinajstić information content (AvgIpc) is 2.63. The van der Waals surface area contributed by atoms with Crippen LogP contribution in [0, 0.1) is 0 Å². The maximum Gasteiger partial charge on any atom is 0.471 e. The summed E-state index contributed by atoms with van der Waals surface area (Å²) >= 11 is 0. The molecule has 0 spiro atoms. The molecule has 1 rings (SSSR count). The molecule has 0 bridgehead atoms. The van der Waals surface area contributed by atoms with Gasteiger partial charge in [-0.15, -0.1) is 0 Å². The molecule has 0 aliphatic carbocycles. The Morgan fingerprint density at radius 2 is 1.78 bits per heavy atom. The van der Waals surface area contributed by atoms with Gasteiger partial charge in [0.15, 0.2) is 0 Å². The lowest BCUT2D eigenvalue weighted by atomic mass is 10.0. The molecule has 1 aromatic rings. The molecule has 1 aromatic carbocycles. The molecule has 0 aliphatic heterocycles. The van der Waals surface area contributed by atoms with Crippen LogP contribution in [-0.2, 0) is 25.6 Å². The summed E-state index contributed by atoms with van der Waals surface area (Å²) in [5.74, 6) is -4.07. The maximum atomic E-state index is 12.6. The van der Waals surface area contributed by atoms with E-state index in [1.54, 1.807) is 35.6 Å². The fourth-order valence-corrected chi connectivity index (χ4v) is 2.01. The molecule has 146 valence electrons. The second-order valence-electron chi connectivity index (χ2n) is 5.28. The van der Waals surface area contributed by atoms with Gasteiger partial charge >= 0.3 is 12.1 Å². The molecule has 0 saturated carbocycles. The molecule has 3 amide bonds. The van der Waals surface area contributed by atoms with Crippen LogP contribution in [0.1, 0.15) is 12.5 Å². The number of rotatable bonds is 8. The van der Waals surface area contributed by atoms with Gasteiger partial charge in [-0.3, -0.25) is 14.4 Å². The van der Waals surface area contributed by atoms with E-state index in [0.717, 1.165) is 0 Å². The molecule has 1 atom stereocenters. The highest BCUT2D eigenvalue weighted by Gasteiger charge is 2.41. The molecule has 7 nitrogen and oxygen atoms in total. The van der Waals surface area contributed by atoms with Crippen molar-refractivity contribution in [1.29, 1.82) is 0 Å². The third-order valence-electron chi connectivity index (χ3n) is 3.30. The lowest BCUT2D eigenvalue weighted by molar-refractivity contribution is -0.174. The zero-order chi connectivity index (χ0) is 20.4. The zero-order valence-corrected chi connectivity index (χ0v) is 14.3. The third-order valence-corrected chi connectivity index (χ3v) is 3.30. The van der Waals surface area contributed by atoms with Crippen molar-refractivity contribution >= 4 is 24.0 Å². The number of halogens is 3. The second-order valence-corrected chi connectivity index (χ2v) is 5.28. The van der Waals surface area contributed by atoms with Crippen molar-refractivity contribution < 1.29 is 32.3 Å². The van der Waals surface area contributed by atoms with E-state index in [-0.39, 0.29) is 18.7 Å². The van der Waals surface area contributed by atoms with E-state index in [1.165, 1.54) is 13.0 Å². The van der Waals surface area contributed by atoms with Crippen molar-refractivity contribution in [2.24, 2.45) is 0 Å². The molecule has 0 aliphatic rings. The maximum absolute atomic E-state index is 12.6. The van der Waals surface area contributed by atoms with Crippen LogP contribution in [0.25, 0.3) is 0 Å². The summed E-state index contributed by atoms with van der Waals surface area (Å²) in [6, 6.07) is 6.51. The van der Waals surface area contributed by atoms with Gasteiger partial charge in [0.2, 0.25) is 5.91 Å². The van der Waals surface area contributed by atoms with Crippen LogP contribution in [0.2, 0.25) is 0 Å². The Labute approximate surface area is 153 Å². The summed E-state index contributed by atoms with van der Waals surface area (Å²) < 4.78 is 37.7. The van der Waals surface area contributed by atoms with Gasteiger partial charge in [0.1, 0.15) is 18.0 Å². The number of carbonyl (C=O) groups is 4. The summed E-state index contributed by atoms with van der Waals surface area (Å²) in [6.45, 7) is 1.11. The topological polar surface area (TPSA) is 104 Å². The first-order valence-corrected chi connectivity index (χ1v) is 7.79. The van der Waals surface area contributed by atoms with Crippen LogP contribution in [0.4, 0.5) is 13.2 Å². The summed E-state index contributed by atoms with van der Waals surface area (Å²) in [5.41, 5.74) is 0.244. The summed E-state index contributed by atoms with van der Waals surface area (Å²) in [7, 11) is 0. The van der Waals surface area contributed by atoms with Gasteiger partial charge in [0.25, 0.3) is 5.91 Å². The Kier molecular flexibility index (Phi) is 8.18. The molecule has 27 heavy (non-hydrogen) atoms. The first kappa shape index (κ1) is 21.9. The van der Waals surface area contributed by atoms with Gasteiger partial charge in [-0.05, 0) is 12.5 Å². The van der Waals surface area contributed by atoms with E-state index in [4.69, 9.17) is 0 Å². The molecule has 10 heteroatoms. The first-order valence-electron chi connectivity index (χ1n) is 7.79. The van der Waals surface area contributed by atoms with Crippen molar-refractivity contribution in [2.45, 2.75) is 25.6 Å². The Bertz CT molecular complexity index is 718. The summed E-state index contributed by atoms with van der Waals surface area (Å²) in [4.78, 5) is 45.7. The smallest absolute Gasteiger partial charge is 0.344 e. The minimum Gasteiger partial charge on any atom is -0.344 e. The average molecular weight is 385 g/mol. The van der Waals surface area contributed by atoms with Crippen molar-refractivity contribution in [2.75, 3.05) is 6.54 Å². The summed E-state index contributed by atoms with van der Waals surface area (Å²) in [5, 5.41) is 5.98. The largest absolute Gasteiger partial charge is 0.471 e. The van der Waals surface area contributed by atoms with Crippen LogP contribution in [-0.4, -0.2) is 42.8 Å². The standard InChI is InChI=1S/C17H18F3N3O4/c1-2-12(14(25)21-8-9-24)22-15(26)13(23-16(27)17(18,19)20)10-11-6-4-3-5-7-11/h2-7,9,13H,8,10H2,1H3,(H,21,25)(H,22,26)(H,23,27)/b12-2-/t13-/m0/s1. The number of aldehydes is 1. The van der Waals surface area contributed by atoms with Crippen LogP contribution in [0.5, 0.6) is 0 Å². The highest BCUT2D eigenvalue weighted by atomic mass is 19.4. The molecular weight excluding hydrogens is 367 g/mol. The van der Waals surface area contributed by atoms with Crippen molar-refractivity contribution in [3.63, 3.8) is 0 Å². The number of benzene rings is 1. The number of amides is 3. The van der Waals surface area contributed by atoms with E-state index in [2.05, 4.69) is 10.6 Å². The summed E-state index contributed by atoms with van der Waals surface area (Å²) in [6.07, 6.45) is -3.75. The first-order chi connectivity index (χ1) is 12.7. The van der Waals surface area contributed by atoms with E-state index >= 15 is 0 Å². The number of alkyl halides is 3. The quantitative estimate of drug-likeness (QED) is 0.451. The van der Waals surface area contributed by atoms with Crippen LogP contribution in [0.3, 0.4) is 0 Å². The predicted octanol–water partition coefficient (Wildman–Crippen LogP) is 0.611. The third kappa shape index (κ3) is 7.30. The molecule has 0 radical (unpaired) electrons. The number of allylic oxidation sites excluding steroid dienone is 1. The monoisotopic (exact) mass is 385 g/mol. The second kappa shape index (κ2) is 10.1. The SMILES string of the molecule is C/C=C(\NC(=O)[C@H](Cc1ccccc1)NC(=O)C(F)(F)F)C(=O)NCC=O. The van der Waals surface area contributed by atoms with Crippen molar-refractivity contribution in [3.8, 4) is 0 Å². The van der Waals surface area contributed by atoms with Crippen molar-refractivity contribution in [3.05, 3.63) is 47.7 Å². The Morgan fingerprint density at radius 3 is 2.30 bits per heavy atom. The molecule has 0 aromatic heterocycles. The molecule has 0 heterocycles. The fourth-order valence-electron chi connectivity index (χ4n) is 2.01. The molecule has 0 unspecified atom stereocenters.